The maximum atomic E-state index is 12.9. The van der Waals surface area contributed by atoms with Gasteiger partial charge in [0.1, 0.15) is 0 Å². The zero-order valence-electron chi connectivity index (χ0n) is 12.8. The third-order valence-corrected chi connectivity index (χ3v) is 5.98. The van der Waals surface area contributed by atoms with Crippen molar-refractivity contribution in [3.8, 4) is 0 Å². The van der Waals surface area contributed by atoms with E-state index in [0.29, 0.717) is 16.3 Å². The molecule has 21 heavy (non-hydrogen) atoms. The SMILES string of the molecule is Cc1cc(C)n(S(=O)(=O)c2cc(C)c(Br)cc2C(C)C)n1. The molecule has 0 amide bonds. The summed E-state index contributed by atoms with van der Waals surface area (Å²) in [6, 6.07) is 5.36. The third kappa shape index (κ3) is 2.92. The Kier molecular flexibility index (Phi) is 4.31. The number of rotatable bonds is 3. The minimum atomic E-state index is -3.68. The van der Waals surface area contributed by atoms with Crippen LogP contribution in [0.1, 0.15) is 42.3 Å². The average Bonchev–Trinajstić information content (AvgIpc) is 2.71. The number of benzene rings is 1. The Balaban J connectivity index is 2.76. The van der Waals surface area contributed by atoms with E-state index in [0.717, 1.165) is 19.7 Å². The van der Waals surface area contributed by atoms with E-state index in [9.17, 15) is 8.42 Å². The molecule has 0 radical (unpaired) electrons. The largest absolute Gasteiger partial charge is 0.283 e. The van der Waals surface area contributed by atoms with Crippen molar-refractivity contribution >= 4 is 26.0 Å². The highest BCUT2D eigenvalue weighted by molar-refractivity contribution is 9.10. The Labute approximate surface area is 134 Å². The molecule has 2 rings (SSSR count). The van der Waals surface area contributed by atoms with Crippen LogP contribution in [0.5, 0.6) is 0 Å². The molecule has 6 heteroatoms. The van der Waals surface area contributed by atoms with E-state index in [1.165, 1.54) is 0 Å². The normalized spacial score (nSPS) is 12.1. The van der Waals surface area contributed by atoms with Crippen molar-refractivity contribution in [2.24, 2.45) is 0 Å². The van der Waals surface area contributed by atoms with Crippen molar-refractivity contribution in [2.45, 2.75) is 45.4 Å². The molecule has 4 nitrogen and oxygen atoms in total. The number of aromatic nitrogens is 2. The van der Waals surface area contributed by atoms with Crippen molar-refractivity contribution < 1.29 is 8.42 Å². The van der Waals surface area contributed by atoms with Gasteiger partial charge in [0.15, 0.2) is 0 Å². The second kappa shape index (κ2) is 5.57. The molecule has 0 N–H and O–H groups in total. The summed E-state index contributed by atoms with van der Waals surface area (Å²) in [5.74, 6) is 0.101. The fourth-order valence-corrected chi connectivity index (χ4v) is 4.42. The van der Waals surface area contributed by atoms with E-state index in [1.807, 2.05) is 26.8 Å². The van der Waals surface area contributed by atoms with E-state index >= 15 is 0 Å². The molecular formula is C15H19BrN2O2S. The van der Waals surface area contributed by atoms with Gasteiger partial charge in [-0.25, -0.2) is 0 Å². The topological polar surface area (TPSA) is 52.0 Å². The van der Waals surface area contributed by atoms with Crippen LogP contribution in [0.4, 0.5) is 0 Å². The molecule has 0 spiro atoms. The molecule has 0 unspecified atom stereocenters. The van der Waals surface area contributed by atoms with Crippen LogP contribution in [0.2, 0.25) is 0 Å². The molecule has 2 aromatic rings. The first-order chi connectivity index (χ1) is 9.64. The van der Waals surface area contributed by atoms with Crippen LogP contribution in [0.25, 0.3) is 0 Å². The molecule has 0 bridgehead atoms. The minimum absolute atomic E-state index is 0.101. The maximum absolute atomic E-state index is 12.9. The fraction of sp³-hybridized carbons (Fsp3) is 0.400. The van der Waals surface area contributed by atoms with Gasteiger partial charge in [-0.2, -0.15) is 17.6 Å². The van der Waals surface area contributed by atoms with Gasteiger partial charge in [-0.15, -0.1) is 0 Å². The lowest BCUT2D eigenvalue weighted by Gasteiger charge is -2.16. The van der Waals surface area contributed by atoms with Crippen LogP contribution >= 0.6 is 15.9 Å². The number of halogens is 1. The predicted molar refractivity (Wildman–Crippen MR) is 87.3 cm³/mol. The van der Waals surface area contributed by atoms with E-state index in [4.69, 9.17) is 0 Å². The Hall–Kier alpha value is -1.14. The Morgan fingerprint density at radius 2 is 1.76 bits per heavy atom. The van der Waals surface area contributed by atoms with Crippen LogP contribution in [0.15, 0.2) is 27.6 Å². The molecule has 1 aromatic heterocycles. The number of hydrogen-bond donors (Lipinski definition) is 0. The van der Waals surface area contributed by atoms with Gasteiger partial charge >= 0.3 is 0 Å². The minimum Gasteiger partial charge on any atom is -0.199 e. The number of nitrogens with zero attached hydrogens (tertiary/aromatic N) is 2. The molecular weight excluding hydrogens is 352 g/mol. The molecule has 0 fully saturated rings. The lowest BCUT2D eigenvalue weighted by Crippen LogP contribution is -2.18. The number of aryl methyl sites for hydroxylation is 3. The zero-order chi connectivity index (χ0) is 15.9. The highest BCUT2D eigenvalue weighted by Crippen LogP contribution is 2.31. The molecule has 114 valence electrons. The standard InChI is InChI=1S/C15H19BrN2O2S/c1-9(2)13-8-14(16)10(3)6-15(13)21(19,20)18-12(5)7-11(4)17-18/h6-9H,1-5H3. The van der Waals surface area contributed by atoms with Crippen molar-refractivity contribution in [1.82, 2.24) is 9.19 Å². The summed E-state index contributed by atoms with van der Waals surface area (Å²) in [6.07, 6.45) is 0. The van der Waals surface area contributed by atoms with Crippen LogP contribution in [0.3, 0.4) is 0 Å². The highest BCUT2D eigenvalue weighted by atomic mass is 79.9. The molecule has 0 aliphatic carbocycles. The summed E-state index contributed by atoms with van der Waals surface area (Å²) in [6.45, 7) is 9.39. The van der Waals surface area contributed by atoms with Crippen LogP contribution in [-0.2, 0) is 10.0 Å². The highest BCUT2D eigenvalue weighted by Gasteiger charge is 2.25. The number of hydrogen-bond acceptors (Lipinski definition) is 3. The Morgan fingerprint density at radius 1 is 1.14 bits per heavy atom. The molecule has 0 saturated carbocycles. The second-order valence-corrected chi connectivity index (χ2v) is 8.16. The second-order valence-electron chi connectivity index (χ2n) is 5.57. The Bertz CT molecular complexity index is 792. The van der Waals surface area contributed by atoms with Crippen LogP contribution in [0, 0.1) is 20.8 Å². The first-order valence-electron chi connectivity index (χ1n) is 6.73. The van der Waals surface area contributed by atoms with Gasteiger partial charge in [-0.3, -0.25) is 0 Å². The molecule has 1 heterocycles. The zero-order valence-corrected chi connectivity index (χ0v) is 15.2. The van der Waals surface area contributed by atoms with E-state index in [1.54, 1.807) is 26.0 Å². The summed E-state index contributed by atoms with van der Waals surface area (Å²) >= 11 is 3.47. The van der Waals surface area contributed by atoms with Crippen LogP contribution in [-0.4, -0.2) is 17.6 Å². The first kappa shape index (κ1) is 16.2. The van der Waals surface area contributed by atoms with Crippen molar-refractivity contribution in [3.05, 3.63) is 45.2 Å². The average molecular weight is 371 g/mol. The van der Waals surface area contributed by atoms with Gasteiger partial charge in [0, 0.05) is 4.47 Å². The van der Waals surface area contributed by atoms with Gasteiger partial charge in [0.25, 0.3) is 10.0 Å². The third-order valence-electron chi connectivity index (χ3n) is 3.39. The van der Waals surface area contributed by atoms with Crippen molar-refractivity contribution in [1.29, 1.82) is 0 Å². The summed E-state index contributed by atoms with van der Waals surface area (Å²) in [5, 5.41) is 4.13. The smallest absolute Gasteiger partial charge is 0.199 e. The van der Waals surface area contributed by atoms with E-state index in [2.05, 4.69) is 21.0 Å². The quantitative estimate of drug-likeness (QED) is 0.822. The van der Waals surface area contributed by atoms with Gasteiger partial charge in [-0.1, -0.05) is 29.8 Å². The summed E-state index contributed by atoms with van der Waals surface area (Å²) in [4.78, 5) is 0.324. The summed E-state index contributed by atoms with van der Waals surface area (Å²) in [5.41, 5.74) is 2.98. The van der Waals surface area contributed by atoms with Crippen molar-refractivity contribution in [2.75, 3.05) is 0 Å². The summed E-state index contributed by atoms with van der Waals surface area (Å²) < 4.78 is 27.9. The first-order valence-corrected chi connectivity index (χ1v) is 8.96. The predicted octanol–water partition coefficient (Wildman–Crippen LogP) is 3.93. The monoisotopic (exact) mass is 370 g/mol. The lowest BCUT2D eigenvalue weighted by atomic mass is 10.0. The van der Waals surface area contributed by atoms with Gasteiger partial charge in [0.05, 0.1) is 16.3 Å². The van der Waals surface area contributed by atoms with Gasteiger partial charge in [-0.05, 0) is 56.0 Å². The van der Waals surface area contributed by atoms with E-state index < -0.39 is 10.0 Å². The van der Waals surface area contributed by atoms with Gasteiger partial charge < -0.3 is 0 Å². The molecule has 0 aliphatic heterocycles. The molecule has 0 atom stereocenters. The fourth-order valence-electron chi connectivity index (χ4n) is 2.29. The maximum Gasteiger partial charge on any atom is 0.283 e. The van der Waals surface area contributed by atoms with E-state index in [-0.39, 0.29) is 5.92 Å². The molecule has 1 aromatic carbocycles. The Morgan fingerprint density at radius 3 is 2.24 bits per heavy atom. The molecule has 0 saturated heterocycles. The van der Waals surface area contributed by atoms with Crippen molar-refractivity contribution in [3.63, 3.8) is 0 Å². The lowest BCUT2D eigenvalue weighted by molar-refractivity contribution is 0.575. The molecule has 0 aliphatic rings. The van der Waals surface area contributed by atoms with Crippen LogP contribution < -0.4 is 0 Å². The summed E-state index contributed by atoms with van der Waals surface area (Å²) in [7, 11) is -3.68. The van der Waals surface area contributed by atoms with Gasteiger partial charge in [0.2, 0.25) is 0 Å².